The second-order valence-corrected chi connectivity index (χ2v) is 1.31. The van der Waals surface area contributed by atoms with Crippen LogP contribution in [0.3, 0.4) is 0 Å². The zero-order valence-corrected chi connectivity index (χ0v) is 6.16. The molecular weight excluding hydrogens is 140 g/mol. The Bertz CT molecular complexity index is 236. The van der Waals surface area contributed by atoms with Gasteiger partial charge in [0.15, 0.2) is 0 Å². The summed E-state index contributed by atoms with van der Waals surface area (Å²) in [7, 11) is 0. The van der Waals surface area contributed by atoms with E-state index in [0.717, 1.165) is 0 Å². The molecule has 0 aliphatic carbocycles. The minimum absolute atomic E-state index is 0. The van der Waals surface area contributed by atoms with Crippen LogP contribution in [-0.2, 0) is 0 Å². The van der Waals surface area contributed by atoms with E-state index in [-0.39, 0.29) is 37.7 Å². The van der Waals surface area contributed by atoms with Crippen molar-refractivity contribution >= 4 is 5.97 Å². The molecule has 0 radical (unpaired) electrons. The topological polar surface area (TPSA) is 89.2 Å². The zero-order valence-electron chi connectivity index (χ0n) is 6.16. The smallest absolute Gasteiger partial charge is 0.869 e. The number of hydrogen-bond acceptors (Lipinski definition) is 5. The van der Waals surface area contributed by atoms with Crippen molar-refractivity contribution in [1.82, 2.24) is 5.16 Å². The average Bonchev–Trinajstić information content (AvgIpc) is 2.13. The molecule has 0 aliphatic heterocycles. The second kappa shape index (κ2) is 5.34. The number of aromatic nitrogens is 1. The van der Waals surface area contributed by atoms with Gasteiger partial charge in [-0.05, 0) is 5.75 Å². The Morgan fingerprint density at radius 3 is 2.27 bits per heavy atom. The fourth-order valence-electron chi connectivity index (χ4n) is 0.366. The summed E-state index contributed by atoms with van der Waals surface area (Å²) >= 11 is 0. The molecule has 5 nitrogen and oxygen atoms in total. The van der Waals surface area contributed by atoms with Crippen LogP contribution in [-0.4, -0.2) is 11.1 Å². The number of carboxylic acid groups (broad SMARTS) is 1. The molecule has 0 saturated carbocycles. The maximum Gasteiger partial charge on any atom is 1.00 e. The van der Waals surface area contributed by atoms with E-state index in [1.165, 1.54) is 0 Å². The van der Waals surface area contributed by atoms with E-state index in [1.807, 2.05) is 0 Å². The van der Waals surface area contributed by atoms with Gasteiger partial charge >= 0.3 is 37.7 Å². The molecular formula is C4HLi2NO4. The van der Waals surface area contributed by atoms with Crippen LogP contribution in [0.2, 0.25) is 0 Å². The van der Waals surface area contributed by atoms with Crippen molar-refractivity contribution in [2.45, 2.75) is 0 Å². The van der Waals surface area contributed by atoms with Crippen LogP contribution in [0.4, 0.5) is 0 Å². The maximum absolute atomic E-state index is 10.3. The second-order valence-electron chi connectivity index (χ2n) is 1.31. The van der Waals surface area contributed by atoms with E-state index < -0.39 is 17.4 Å². The van der Waals surface area contributed by atoms with Crippen LogP contribution in [0.5, 0.6) is 5.75 Å². The Balaban J connectivity index is 0. The van der Waals surface area contributed by atoms with Crippen LogP contribution in [0, 0.1) is 0 Å². The zero-order chi connectivity index (χ0) is 6.85. The van der Waals surface area contributed by atoms with Crippen LogP contribution in [0.1, 0.15) is 10.5 Å². The standard InChI is InChI=1S/C4H3NO4.2Li/c6-2-1-9-5-3(2)4(7)8;;/h1,6H,(H,7,8);;/q;2*+1/p-2. The molecule has 1 heterocycles. The first-order valence-corrected chi connectivity index (χ1v) is 2.04. The van der Waals surface area contributed by atoms with Gasteiger partial charge in [-0.15, -0.1) is 0 Å². The summed E-state index contributed by atoms with van der Waals surface area (Å²) in [5.41, 5.74) is -0.685. The van der Waals surface area contributed by atoms with Crippen molar-refractivity contribution in [2.24, 2.45) is 0 Å². The number of carboxylic acids is 1. The molecule has 0 spiro atoms. The van der Waals surface area contributed by atoms with Crippen LogP contribution < -0.4 is 47.9 Å². The first-order chi connectivity index (χ1) is 4.22. The third kappa shape index (κ3) is 3.05. The van der Waals surface area contributed by atoms with E-state index in [4.69, 9.17) is 0 Å². The Hall–Kier alpha value is -0.325. The molecule has 0 atom stereocenters. The van der Waals surface area contributed by atoms with Crippen LogP contribution in [0.15, 0.2) is 10.8 Å². The molecule has 0 N–H and O–H groups in total. The SMILES string of the molecule is O=C([O-])c1nocc1[O-].[Li+].[Li+]. The van der Waals surface area contributed by atoms with Crippen molar-refractivity contribution in [1.29, 1.82) is 0 Å². The predicted molar refractivity (Wildman–Crippen MR) is 20.3 cm³/mol. The summed E-state index contributed by atoms with van der Waals surface area (Å²) < 4.78 is 4.02. The van der Waals surface area contributed by atoms with Gasteiger partial charge in [0.05, 0.1) is 5.97 Å². The van der Waals surface area contributed by atoms with E-state index in [9.17, 15) is 15.0 Å². The third-order valence-electron chi connectivity index (χ3n) is 0.730. The van der Waals surface area contributed by atoms with Crippen LogP contribution in [0.25, 0.3) is 0 Å². The van der Waals surface area contributed by atoms with Gasteiger partial charge in [0.2, 0.25) is 0 Å². The summed E-state index contributed by atoms with van der Waals surface area (Å²) in [6, 6.07) is 0. The Morgan fingerprint density at radius 1 is 1.55 bits per heavy atom. The molecule has 0 unspecified atom stereocenters. The van der Waals surface area contributed by atoms with Gasteiger partial charge in [0, 0.05) is 0 Å². The molecule has 0 fully saturated rings. The fraction of sp³-hybridized carbons (Fsp3) is 0. The van der Waals surface area contributed by atoms with Gasteiger partial charge in [0.1, 0.15) is 12.0 Å². The number of carbonyl (C=O) groups is 1. The van der Waals surface area contributed by atoms with Crippen molar-refractivity contribution in [3.63, 3.8) is 0 Å². The Morgan fingerprint density at radius 2 is 2.09 bits per heavy atom. The molecule has 1 aromatic heterocycles. The quantitative estimate of drug-likeness (QED) is 0.362. The van der Waals surface area contributed by atoms with E-state index in [0.29, 0.717) is 6.26 Å². The van der Waals surface area contributed by atoms with E-state index in [2.05, 4.69) is 9.68 Å². The molecule has 1 rings (SSSR count). The summed E-state index contributed by atoms with van der Waals surface area (Å²) in [6.07, 6.45) is 0.700. The number of aromatic carboxylic acids is 1. The van der Waals surface area contributed by atoms with E-state index in [1.54, 1.807) is 0 Å². The van der Waals surface area contributed by atoms with Gasteiger partial charge in [-0.25, -0.2) is 0 Å². The molecule has 0 amide bonds. The molecule has 0 aliphatic rings. The summed E-state index contributed by atoms with van der Waals surface area (Å²) in [6.45, 7) is 0. The molecule has 0 aromatic carbocycles. The molecule has 1 aromatic rings. The van der Waals surface area contributed by atoms with Gasteiger partial charge in [-0.2, -0.15) is 0 Å². The van der Waals surface area contributed by atoms with Crippen molar-refractivity contribution in [3.8, 4) is 5.75 Å². The predicted octanol–water partition coefficient (Wildman–Crippen LogP) is -7.88. The normalized spacial score (nSPS) is 7.64. The molecule has 7 heteroatoms. The van der Waals surface area contributed by atoms with Crippen molar-refractivity contribution in [2.75, 3.05) is 0 Å². The first kappa shape index (κ1) is 13.3. The number of hydrogen-bond donors (Lipinski definition) is 0. The summed E-state index contributed by atoms with van der Waals surface area (Å²) in [5, 5.41) is 23.0. The Labute approximate surface area is 86.1 Å². The molecule has 0 saturated heterocycles. The van der Waals surface area contributed by atoms with Crippen LogP contribution >= 0.6 is 0 Å². The molecule has 0 bridgehead atoms. The minimum atomic E-state index is -1.62. The van der Waals surface area contributed by atoms with Crippen molar-refractivity contribution in [3.05, 3.63) is 12.0 Å². The molecule has 11 heavy (non-hydrogen) atoms. The first-order valence-electron chi connectivity index (χ1n) is 2.04. The number of carbonyl (C=O) groups excluding carboxylic acids is 1. The fourth-order valence-corrected chi connectivity index (χ4v) is 0.366. The Kier molecular flexibility index (Phi) is 6.45. The number of rotatable bonds is 1. The van der Waals surface area contributed by atoms with Gasteiger partial charge < -0.3 is 19.5 Å². The van der Waals surface area contributed by atoms with Gasteiger partial charge in [0.25, 0.3) is 0 Å². The summed E-state index contributed by atoms with van der Waals surface area (Å²) in [5.74, 6) is -2.39. The van der Waals surface area contributed by atoms with Gasteiger partial charge in [-0.1, -0.05) is 5.16 Å². The molecule has 48 valence electrons. The van der Waals surface area contributed by atoms with Gasteiger partial charge in [-0.3, -0.25) is 0 Å². The monoisotopic (exact) mass is 141 g/mol. The number of nitrogens with zero attached hydrogens (tertiary/aromatic N) is 1. The average molecular weight is 141 g/mol. The van der Waals surface area contributed by atoms with E-state index >= 15 is 0 Å². The largest absolute Gasteiger partial charge is 1.00 e. The summed E-state index contributed by atoms with van der Waals surface area (Å²) in [4.78, 5) is 9.85. The van der Waals surface area contributed by atoms with Crippen molar-refractivity contribution < 1.29 is 57.3 Å². The maximum atomic E-state index is 10.3. The third-order valence-corrected chi connectivity index (χ3v) is 0.730. The minimum Gasteiger partial charge on any atom is -0.869 e.